The van der Waals surface area contributed by atoms with Gasteiger partial charge in [0, 0.05) is 30.3 Å². The predicted octanol–water partition coefficient (Wildman–Crippen LogP) is 4.38. The molecular formula is C22H30N4O2S2. The van der Waals surface area contributed by atoms with Gasteiger partial charge in [0.15, 0.2) is 0 Å². The fourth-order valence-corrected chi connectivity index (χ4v) is 5.29. The number of aromatic nitrogens is 1. The van der Waals surface area contributed by atoms with Crippen molar-refractivity contribution in [3.8, 4) is 0 Å². The van der Waals surface area contributed by atoms with E-state index in [1.165, 1.54) is 5.39 Å². The number of hydrogen-bond acceptors (Lipinski definition) is 7. The molecular weight excluding hydrogens is 416 g/mol. The van der Waals surface area contributed by atoms with Gasteiger partial charge in [-0.15, -0.1) is 11.8 Å². The smallest absolute Gasteiger partial charge is 0.311 e. The Labute approximate surface area is 186 Å². The molecule has 162 valence electrons. The summed E-state index contributed by atoms with van der Waals surface area (Å²) in [6.45, 7) is 8.13. The van der Waals surface area contributed by atoms with E-state index in [1.54, 1.807) is 11.8 Å². The van der Waals surface area contributed by atoms with Gasteiger partial charge in [-0.1, -0.05) is 24.1 Å². The summed E-state index contributed by atoms with van der Waals surface area (Å²) in [5, 5.41) is 5.89. The zero-order valence-corrected chi connectivity index (χ0v) is 19.7. The first-order valence-electron chi connectivity index (χ1n) is 10.4. The molecule has 3 heterocycles. The number of hydrogen-bond donors (Lipinski definition) is 2. The summed E-state index contributed by atoms with van der Waals surface area (Å²) in [6, 6.07) is 9.02. The van der Waals surface area contributed by atoms with Gasteiger partial charge in [-0.05, 0) is 45.6 Å². The predicted molar refractivity (Wildman–Crippen MR) is 129 cm³/mol. The third kappa shape index (κ3) is 4.81. The highest BCUT2D eigenvalue weighted by Gasteiger charge is 2.27. The zero-order valence-electron chi connectivity index (χ0n) is 18.0. The summed E-state index contributed by atoms with van der Waals surface area (Å²) >= 11 is 3.53. The number of benzene rings is 1. The first-order chi connectivity index (χ1) is 14.3. The van der Waals surface area contributed by atoms with Gasteiger partial charge in [0.25, 0.3) is 0 Å². The maximum Gasteiger partial charge on any atom is 0.311 e. The summed E-state index contributed by atoms with van der Waals surface area (Å²) in [7, 11) is 0. The molecule has 8 heteroatoms. The normalized spacial score (nSPS) is 22.5. The third-order valence-corrected chi connectivity index (χ3v) is 7.39. The molecule has 1 unspecified atom stereocenters. The molecule has 2 aromatic rings. The molecule has 0 amide bonds. The van der Waals surface area contributed by atoms with Crippen molar-refractivity contribution >= 4 is 51.3 Å². The van der Waals surface area contributed by atoms with Crippen molar-refractivity contribution in [3.63, 3.8) is 0 Å². The first-order valence-corrected chi connectivity index (χ1v) is 12.6. The standard InChI is InChI=1S/C22H30N4O2S2/c1-22(2,3)21(27)28-12-16-13-30-20(24-16)18-10-14-6-5-7-17(19(14)25-18)23-15-8-9-26(11-15)29-4/h5-7,10,15-16,23,25H,8-9,11-13H2,1-4H3/t15?,16-/m1/s1. The van der Waals surface area contributed by atoms with E-state index in [2.05, 4.69) is 45.1 Å². The number of nitrogens with zero attached hydrogens (tertiary/aromatic N) is 2. The number of carbonyl (C=O) groups is 1. The average Bonchev–Trinajstić information content (AvgIpc) is 3.44. The highest BCUT2D eigenvalue weighted by Crippen LogP contribution is 2.30. The number of fused-ring (bicyclic) bond motifs is 1. The van der Waals surface area contributed by atoms with E-state index in [0.29, 0.717) is 12.6 Å². The molecule has 30 heavy (non-hydrogen) atoms. The largest absolute Gasteiger partial charge is 0.463 e. The highest BCUT2D eigenvalue weighted by atomic mass is 32.2. The summed E-state index contributed by atoms with van der Waals surface area (Å²) in [5.74, 6) is 0.657. The van der Waals surface area contributed by atoms with E-state index >= 15 is 0 Å². The zero-order chi connectivity index (χ0) is 21.3. The molecule has 0 spiro atoms. The first kappa shape index (κ1) is 21.6. The Morgan fingerprint density at radius 3 is 3.00 bits per heavy atom. The van der Waals surface area contributed by atoms with Crippen LogP contribution < -0.4 is 5.32 Å². The van der Waals surface area contributed by atoms with Crippen molar-refractivity contribution in [1.29, 1.82) is 0 Å². The van der Waals surface area contributed by atoms with Crippen LogP contribution in [0.5, 0.6) is 0 Å². The van der Waals surface area contributed by atoms with Crippen LogP contribution in [0.1, 0.15) is 32.9 Å². The van der Waals surface area contributed by atoms with Gasteiger partial charge >= 0.3 is 5.97 Å². The minimum Gasteiger partial charge on any atom is -0.463 e. The topological polar surface area (TPSA) is 69.7 Å². The van der Waals surface area contributed by atoms with Gasteiger partial charge < -0.3 is 15.0 Å². The van der Waals surface area contributed by atoms with E-state index in [4.69, 9.17) is 9.73 Å². The Balaban J connectivity index is 1.45. The van der Waals surface area contributed by atoms with Gasteiger partial charge in [0.2, 0.25) is 0 Å². The van der Waals surface area contributed by atoms with Crippen molar-refractivity contribution < 1.29 is 9.53 Å². The molecule has 2 atom stereocenters. The van der Waals surface area contributed by atoms with Gasteiger partial charge in [-0.2, -0.15) is 0 Å². The molecule has 1 saturated heterocycles. The van der Waals surface area contributed by atoms with E-state index in [-0.39, 0.29) is 12.0 Å². The monoisotopic (exact) mass is 446 g/mol. The Morgan fingerprint density at radius 1 is 1.43 bits per heavy atom. The van der Waals surface area contributed by atoms with Crippen LogP contribution in [-0.4, -0.2) is 64.1 Å². The number of anilines is 1. The van der Waals surface area contributed by atoms with Crippen LogP contribution in [0.3, 0.4) is 0 Å². The van der Waals surface area contributed by atoms with E-state index in [0.717, 1.165) is 47.2 Å². The maximum absolute atomic E-state index is 12.0. The molecule has 2 aliphatic heterocycles. The van der Waals surface area contributed by atoms with Crippen LogP contribution in [0.15, 0.2) is 29.3 Å². The van der Waals surface area contributed by atoms with Crippen LogP contribution in [0, 0.1) is 5.41 Å². The van der Waals surface area contributed by atoms with Crippen LogP contribution in [0.4, 0.5) is 5.69 Å². The molecule has 0 aliphatic carbocycles. The number of para-hydroxylation sites is 1. The number of thioether (sulfide) groups is 1. The second kappa shape index (κ2) is 8.85. The number of aliphatic imine (C=N–C) groups is 1. The van der Waals surface area contributed by atoms with E-state index < -0.39 is 5.41 Å². The van der Waals surface area contributed by atoms with E-state index in [9.17, 15) is 4.79 Å². The second-order valence-electron chi connectivity index (χ2n) is 8.90. The molecule has 2 N–H and O–H groups in total. The fraction of sp³-hybridized carbons (Fsp3) is 0.545. The minimum absolute atomic E-state index is 0.0105. The third-order valence-electron chi connectivity index (χ3n) is 5.39. The molecule has 4 rings (SSSR count). The molecule has 1 aromatic carbocycles. The number of rotatable bonds is 6. The Kier molecular flexibility index (Phi) is 6.36. The summed E-state index contributed by atoms with van der Waals surface area (Å²) < 4.78 is 7.86. The van der Waals surface area contributed by atoms with E-state index in [1.807, 2.05) is 32.7 Å². The molecule has 0 saturated carbocycles. The minimum atomic E-state index is -0.481. The van der Waals surface area contributed by atoms with Crippen molar-refractivity contribution in [2.75, 3.05) is 37.0 Å². The molecule has 0 radical (unpaired) electrons. The Hall–Kier alpha value is -1.64. The maximum atomic E-state index is 12.0. The Bertz CT molecular complexity index is 950. The quantitative estimate of drug-likeness (QED) is 0.507. The second-order valence-corrected chi connectivity index (χ2v) is 10.8. The fourth-order valence-electron chi connectivity index (χ4n) is 3.66. The molecule has 2 aliphatic rings. The van der Waals surface area contributed by atoms with Gasteiger partial charge in [-0.3, -0.25) is 9.79 Å². The van der Waals surface area contributed by atoms with Crippen molar-refractivity contribution in [2.45, 2.75) is 39.3 Å². The molecule has 1 fully saturated rings. The summed E-state index contributed by atoms with van der Waals surface area (Å²) in [6.07, 6.45) is 3.29. The molecule has 1 aromatic heterocycles. The van der Waals surface area contributed by atoms with Gasteiger partial charge in [0.05, 0.1) is 28.4 Å². The number of H-pyrrole nitrogens is 1. The highest BCUT2D eigenvalue weighted by molar-refractivity contribution is 8.14. The van der Waals surface area contributed by atoms with Crippen LogP contribution in [-0.2, 0) is 9.53 Å². The Morgan fingerprint density at radius 2 is 2.27 bits per heavy atom. The van der Waals surface area contributed by atoms with Crippen molar-refractivity contribution in [3.05, 3.63) is 30.0 Å². The van der Waals surface area contributed by atoms with Crippen molar-refractivity contribution in [1.82, 2.24) is 9.29 Å². The lowest BCUT2D eigenvalue weighted by Crippen LogP contribution is -2.26. The number of esters is 1. The SMILES string of the molecule is CSN1CCC(Nc2cccc3cc(C4=N[C@H](COC(=O)C(C)(C)C)CS4)[nH]c23)C1. The number of nitrogens with one attached hydrogen (secondary N) is 2. The van der Waals surface area contributed by atoms with Crippen LogP contribution in [0.2, 0.25) is 0 Å². The molecule has 6 nitrogen and oxygen atoms in total. The molecule has 0 bridgehead atoms. The lowest BCUT2D eigenvalue weighted by atomic mass is 9.97. The van der Waals surface area contributed by atoms with Crippen LogP contribution >= 0.6 is 23.7 Å². The number of ether oxygens (including phenoxy) is 1. The average molecular weight is 447 g/mol. The lowest BCUT2D eigenvalue weighted by Gasteiger charge is -2.17. The lowest BCUT2D eigenvalue weighted by molar-refractivity contribution is -0.153. The van der Waals surface area contributed by atoms with Crippen molar-refractivity contribution in [2.24, 2.45) is 10.4 Å². The number of aromatic amines is 1. The van der Waals surface area contributed by atoms with Gasteiger partial charge in [-0.25, -0.2) is 4.31 Å². The summed E-state index contributed by atoms with van der Waals surface area (Å²) in [4.78, 5) is 20.4. The van der Waals surface area contributed by atoms with Gasteiger partial charge in [0.1, 0.15) is 11.7 Å². The summed E-state index contributed by atoms with van der Waals surface area (Å²) in [5.41, 5.74) is 2.82. The number of carbonyl (C=O) groups excluding carboxylic acids is 1. The van der Waals surface area contributed by atoms with Crippen LogP contribution in [0.25, 0.3) is 10.9 Å².